The van der Waals surface area contributed by atoms with Crippen molar-refractivity contribution in [3.05, 3.63) is 29.6 Å². The number of phenols is 1. The normalized spacial score (nSPS) is 21.5. The Bertz CT molecular complexity index is 374. The molecule has 74 valence electrons. The Labute approximate surface area is 81.4 Å². The summed E-state index contributed by atoms with van der Waals surface area (Å²) in [4.78, 5) is 11.4. The van der Waals surface area contributed by atoms with Crippen LogP contribution in [0.1, 0.15) is 30.7 Å². The van der Waals surface area contributed by atoms with E-state index in [1.54, 1.807) is 0 Å². The number of carbonyl (C=O) groups excluding carboxylic acids is 1. The predicted molar refractivity (Wildman–Crippen MR) is 49.7 cm³/mol. The monoisotopic (exact) mass is 194 g/mol. The van der Waals surface area contributed by atoms with Gasteiger partial charge in [0.15, 0.2) is 0 Å². The fourth-order valence-electron chi connectivity index (χ4n) is 1.94. The van der Waals surface area contributed by atoms with E-state index in [0.717, 1.165) is 18.9 Å². The highest BCUT2D eigenvalue weighted by Gasteiger charge is 2.28. The minimum absolute atomic E-state index is 0.100. The summed E-state index contributed by atoms with van der Waals surface area (Å²) in [6.07, 6.45) is 2.11. The number of halogens is 1. The molecule has 1 aliphatic rings. The van der Waals surface area contributed by atoms with Crippen molar-refractivity contribution in [2.45, 2.75) is 25.2 Å². The zero-order valence-electron chi connectivity index (χ0n) is 7.66. The van der Waals surface area contributed by atoms with Crippen LogP contribution in [0.2, 0.25) is 0 Å². The van der Waals surface area contributed by atoms with Crippen LogP contribution in [0.3, 0.4) is 0 Å². The zero-order valence-corrected chi connectivity index (χ0v) is 7.66. The first-order valence-electron chi connectivity index (χ1n) is 4.69. The first-order valence-corrected chi connectivity index (χ1v) is 4.69. The number of rotatable bonds is 1. The molecule has 1 unspecified atom stereocenters. The van der Waals surface area contributed by atoms with E-state index in [2.05, 4.69) is 0 Å². The average molecular weight is 194 g/mol. The Balaban J connectivity index is 2.36. The van der Waals surface area contributed by atoms with E-state index in [9.17, 15) is 9.18 Å². The van der Waals surface area contributed by atoms with Gasteiger partial charge in [-0.15, -0.1) is 0 Å². The van der Waals surface area contributed by atoms with Gasteiger partial charge in [-0.3, -0.25) is 4.79 Å². The van der Waals surface area contributed by atoms with Crippen LogP contribution >= 0.6 is 0 Å². The van der Waals surface area contributed by atoms with Gasteiger partial charge in [0.1, 0.15) is 17.3 Å². The SMILES string of the molecule is O=C1CCCC1c1ccc(O)cc1F. The fourth-order valence-corrected chi connectivity index (χ4v) is 1.94. The zero-order chi connectivity index (χ0) is 10.1. The van der Waals surface area contributed by atoms with Crippen LogP contribution in [0, 0.1) is 5.82 Å². The minimum atomic E-state index is -0.481. The molecule has 3 heteroatoms. The summed E-state index contributed by atoms with van der Waals surface area (Å²) < 4.78 is 13.4. The number of benzene rings is 1. The molecular formula is C11H11FO2. The van der Waals surface area contributed by atoms with Crippen LogP contribution in [-0.4, -0.2) is 10.9 Å². The van der Waals surface area contributed by atoms with Gasteiger partial charge < -0.3 is 5.11 Å². The minimum Gasteiger partial charge on any atom is -0.508 e. The second-order valence-electron chi connectivity index (χ2n) is 3.62. The molecule has 14 heavy (non-hydrogen) atoms. The fraction of sp³-hybridized carbons (Fsp3) is 0.364. The number of carbonyl (C=O) groups is 1. The molecule has 0 amide bonds. The lowest BCUT2D eigenvalue weighted by Crippen LogP contribution is -2.06. The second kappa shape index (κ2) is 3.40. The highest BCUT2D eigenvalue weighted by Crippen LogP contribution is 2.33. The van der Waals surface area contributed by atoms with Gasteiger partial charge in [0.2, 0.25) is 0 Å². The predicted octanol–water partition coefficient (Wildman–Crippen LogP) is 2.37. The molecule has 0 aliphatic heterocycles. The van der Waals surface area contributed by atoms with E-state index in [4.69, 9.17) is 5.11 Å². The van der Waals surface area contributed by atoms with Crippen molar-refractivity contribution in [2.75, 3.05) is 0 Å². The molecule has 0 aromatic heterocycles. The van der Waals surface area contributed by atoms with Gasteiger partial charge in [0.25, 0.3) is 0 Å². The van der Waals surface area contributed by atoms with E-state index >= 15 is 0 Å². The summed E-state index contributed by atoms with van der Waals surface area (Å²) in [6, 6.07) is 3.98. The molecule has 1 fully saturated rings. The molecular weight excluding hydrogens is 183 g/mol. The molecule has 1 saturated carbocycles. The Kier molecular flexibility index (Phi) is 2.23. The third-order valence-electron chi connectivity index (χ3n) is 2.66. The first-order chi connectivity index (χ1) is 6.68. The van der Waals surface area contributed by atoms with Crippen LogP contribution in [0.5, 0.6) is 5.75 Å². The van der Waals surface area contributed by atoms with Crippen molar-refractivity contribution >= 4 is 5.78 Å². The van der Waals surface area contributed by atoms with Gasteiger partial charge >= 0.3 is 0 Å². The Hall–Kier alpha value is -1.38. The number of hydrogen-bond acceptors (Lipinski definition) is 2. The average Bonchev–Trinajstić information content (AvgIpc) is 2.52. The molecule has 0 heterocycles. The van der Waals surface area contributed by atoms with Gasteiger partial charge in [-0.1, -0.05) is 6.07 Å². The van der Waals surface area contributed by atoms with Gasteiger partial charge in [0, 0.05) is 18.4 Å². The highest BCUT2D eigenvalue weighted by molar-refractivity contribution is 5.87. The molecule has 1 N–H and O–H groups in total. The summed E-state index contributed by atoms with van der Waals surface area (Å²) in [5.41, 5.74) is 0.422. The van der Waals surface area contributed by atoms with E-state index < -0.39 is 5.82 Å². The van der Waals surface area contributed by atoms with E-state index in [1.165, 1.54) is 12.1 Å². The molecule has 0 spiro atoms. The van der Waals surface area contributed by atoms with Crippen LogP contribution in [0.15, 0.2) is 18.2 Å². The van der Waals surface area contributed by atoms with E-state index in [-0.39, 0.29) is 17.5 Å². The lowest BCUT2D eigenvalue weighted by molar-refractivity contribution is -0.118. The van der Waals surface area contributed by atoms with Crippen molar-refractivity contribution in [1.29, 1.82) is 0 Å². The summed E-state index contributed by atoms with van der Waals surface area (Å²) in [6.45, 7) is 0. The van der Waals surface area contributed by atoms with Crippen molar-refractivity contribution in [1.82, 2.24) is 0 Å². The Morgan fingerprint density at radius 2 is 2.21 bits per heavy atom. The maximum Gasteiger partial charge on any atom is 0.140 e. The molecule has 1 aliphatic carbocycles. The van der Waals surface area contributed by atoms with Gasteiger partial charge in [-0.05, 0) is 24.5 Å². The number of Topliss-reactive ketones (excluding diaryl/α,β-unsaturated/α-hetero) is 1. The lowest BCUT2D eigenvalue weighted by Gasteiger charge is -2.09. The topological polar surface area (TPSA) is 37.3 Å². The van der Waals surface area contributed by atoms with Crippen molar-refractivity contribution in [3.63, 3.8) is 0 Å². The number of phenolic OH excluding ortho intramolecular Hbond substituents is 1. The standard InChI is InChI=1S/C11H11FO2/c12-10-6-7(13)4-5-8(10)9-2-1-3-11(9)14/h4-6,9,13H,1-3H2. The molecule has 0 radical (unpaired) electrons. The Morgan fingerprint density at radius 3 is 2.79 bits per heavy atom. The molecule has 1 aromatic carbocycles. The first kappa shape index (κ1) is 9.19. The smallest absolute Gasteiger partial charge is 0.140 e. The molecule has 0 saturated heterocycles. The largest absolute Gasteiger partial charge is 0.508 e. The summed E-state index contributed by atoms with van der Waals surface area (Å²) >= 11 is 0. The van der Waals surface area contributed by atoms with Crippen LogP contribution in [0.4, 0.5) is 4.39 Å². The van der Waals surface area contributed by atoms with Crippen molar-refractivity contribution in [3.8, 4) is 5.75 Å². The molecule has 2 rings (SSSR count). The third-order valence-corrected chi connectivity index (χ3v) is 2.66. The molecule has 1 aromatic rings. The second-order valence-corrected chi connectivity index (χ2v) is 3.62. The van der Waals surface area contributed by atoms with Crippen LogP contribution in [0.25, 0.3) is 0 Å². The van der Waals surface area contributed by atoms with E-state index in [0.29, 0.717) is 12.0 Å². The molecule has 1 atom stereocenters. The maximum atomic E-state index is 13.4. The van der Waals surface area contributed by atoms with Gasteiger partial charge in [-0.25, -0.2) is 4.39 Å². The van der Waals surface area contributed by atoms with Crippen LogP contribution in [-0.2, 0) is 4.79 Å². The van der Waals surface area contributed by atoms with Crippen molar-refractivity contribution in [2.24, 2.45) is 0 Å². The molecule has 0 bridgehead atoms. The number of aromatic hydroxyl groups is 1. The van der Waals surface area contributed by atoms with Gasteiger partial charge in [-0.2, -0.15) is 0 Å². The van der Waals surface area contributed by atoms with Gasteiger partial charge in [0.05, 0.1) is 0 Å². The number of hydrogen-bond donors (Lipinski definition) is 1. The van der Waals surface area contributed by atoms with E-state index in [1.807, 2.05) is 0 Å². The maximum absolute atomic E-state index is 13.4. The Morgan fingerprint density at radius 1 is 1.43 bits per heavy atom. The number of ketones is 1. The summed E-state index contributed by atoms with van der Waals surface area (Å²) in [7, 11) is 0. The van der Waals surface area contributed by atoms with Crippen LogP contribution < -0.4 is 0 Å². The molecule has 2 nitrogen and oxygen atoms in total. The summed E-state index contributed by atoms with van der Waals surface area (Å²) in [5, 5.41) is 9.02. The summed E-state index contributed by atoms with van der Waals surface area (Å²) in [5.74, 6) is -0.771. The lowest BCUT2D eigenvalue weighted by atomic mass is 9.96. The third kappa shape index (κ3) is 1.50. The quantitative estimate of drug-likeness (QED) is 0.745. The van der Waals surface area contributed by atoms with Crippen molar-refractivity contribution < 1.29 is 14.3 Å². The highest BCUT2D eigenvalue weighted by atomic mass is 19.1.